The van der Waals surface area contributed by atoms with Crippen LogP contribution in [0.5, 0.6) is 0 Å². The molecule has 2 atom stereocenters. The van der Waals surface area contributed by atoms with Gasteiger partial charge in [-0.1, -0.05) is 6.92 Å². The molecule has 4 nitrogen and oxygen atoms in total. The summed E-state index contributed by atoms with van der Waals surface area (Å²) in [5, 5.41) is 9.09. The lowest BCUT2D eigenvalue weighted by atomic mass is 10.2. The number of amides is 2. The van der Waals surface area contributed by atoms with Gasteiger partial charge in [0.05, 0.1) is 5.56 Å². The molecular weight excluding hydrogens is 236 g/mol. The first-order chi connectivity index (χ1) is 8.04. The quantitative estimate of drug-likeness (QED) is 0.841. The smallest absolute Gasteiger partial charge is 0.252 e. The lowest BCUT2D eigenvalue weighted by Crippen LogP contribution is -2.47. The summed E-state index contributed by atoms with van der Waals surface area (Å²) in [6.07, 6.45) is 0.872. The molecule has 17 heavy (non-hydrogen) atoms. The predicted octanol–water partition coefficient (Wildman–Crippen LogP) is 1.78. The minimum Gasteiger partial charge on any atom is -0.352 e. The number of carbonyl (C=O) groups is 2. The Morgan fingerprint density at radius 1 is 1.35 bits per heavy atom. The van der Waals surface area contributed by atoms with Crippen molar-refractivity contribution < 1.29 is 9.59 Å². The predicted molar refractivity (Wildman–Crippen MR) is 69.1 cm³/mol. The molecule has 0 saturated carbocycles. The van der Waals surface area contributed by atoms with Crippen LogP contribution in [0.2, 0.25) is 0 Å². The SMILES string of the molecule is CC[C@H](C)NC(=O)[C@H](C)NC(=O)c1ccsc1. The number of carbonyl (C=O) groups excluding carboxylic acids is 2. The van der Waals surface area contributed by atoms with E-state index >= 15 is 0 Å². The molecule has 0 unspecified atom stereocenters. The minimum absolute atomic E-state index is 0.128. The van der Waals surface area contributed by atoms with Gasteiger partial charge in [-0.05, 0) is 31.7 Å². The normalized spacial score (nSPS) is 13.8. The summed E-state index contributed by atoms with van der Waals surface area (Å²) in [6, 6.07) is 1.35. The first kappa shape index (κ1) is 13.7. The summed E-state index contributed by atoms with van der Waals surface area (Å²) in [5.41, 5.74) is 0.596. The fourth-order valence-corrected chi connectivity index (χ4v) is 1.85. The van der Waals surface area contributed by atoms with Crippen molar-refractivity contribution >= 4 is 23.2 Å². The van der Waals surface area contributed by atoms with Gasteiger partial charge in [0.15, 0.2) is 0 Å². The third-order valence-electron chi connectivity index (χ3n) is 2.53. The van der Waals surface area contributed by atoms with Gasteiger partial charge in [0.25, 0.3) is 5.91 Å². The fraction of sp³-hybridized carbons (Fsp3) is 0.500. The molecule has 0 aliphatic carbocycles. The standard InChI is InChI=1S/C12H18N2O2S/c1-4-8(2)13-11(15)9(3)14-12(16)10-5-6-17-7-10/h5-9H,4H2,1-3H3,(H,13,15)(H,14,16)/t8-,9-/m0/s1. The molecule has 0 aromatic carbocycles. The molecule has 1 aromatic rings. The average molecular weight is 254 g/mol. The Morgan fingerprint density at radius 2 is 2.06 bits per heavy atom. The highest BCUT2D eigenvalue weighted by molar-refractivity contribution is 7.08. The number of nitrogens with one attached hydrogen (secondary N) is 2. The molecule has 1 rings (SSSR count). The second-order valence-electron chi connectivity index (χ2n) is 4.03. The molecule has 0 aliphatic rings. The van der Waals surface area contributed by atoms with Crippen LogP contribution in [0.1, 0.15) is 37.6 Å². The van der Waals surface area contributed by atoms with Crippen molar-refractivity contribution in [3.05, 3.63) is 22.4 Å². The summed E-state index contributed by atoms with van der Waals surface area (Å²) in [6.45, 7) is 5.62. The Labute approximate surface area is 105 Å². The van der Waals surface area contributed by atoms with Crippen LogP contribution in [0.4, 0.5) is 0 Å². The molecule has 2 N–H and O–H groups in total. The van der Waals surface area contributed by atoms with Crippen molar-refractivity contribution in [1.29, 1.82) is 0 Å². The Bertz CT molecular complexity index is 376. The van der Waals surface area contributed by atoms with Gasteiger partial charge >= 0.3 is 0 Å². The molecule has 5 heteroatoms. The van der Waals surface area contributed by atoms with Crippen molar-refractivity contribution in [1.82, 2.24) is 10.6 Å². The van der Waals surface area contributed by atoms with E-state index in [1.54, 1.807) is 18.4 Å². The lowest BCUT2D eigenvalue weighted by Gasteiger charge is -2.17. The van der Waals surface area contributed by atoms with Gasteiger partial charge in [-0.2, -0.15) is 11.3 Å². The maximum absolute atomic E-state index is 11.7. The van der Waals surface area contributed by atoms with E-state index in [0.717, 1.165) is 6.42 Å². The van der Waals surface area contributed by atoms with Crippen molar-refractivity contribution in [3.8, 4) is 0 Å². The second-order valence-corrected chi connectivity index (χ2v) is 4.81. The summed E-state index contributed by atoms with van der Waals surface area (Å²) >= 11 is 1.46. The van der Waals surface area contributed by atoms with Gasteiger partial charge in [0.1, 0.15) is 6.04 Å². The summed E-state index contributed by atoms with van der Waals surface area (Å²) in [4.78, 5) is 23.4. The van der Waals surface area contributed by atoms with E-state index in [9.17, 15) is 9.59 Å². The highest BCUT2D eigenvalue weighted by atomic mass is 32.1. The van der Waals surface area contributed by atoms with E-state index in [1.165, 1.54) is 11.3 Å². The van der Waals surface area contributed by atoms with E-state index in [0.29, 0.717) is 5.56 Å². The van der Waals surface area contributed by atoms with Gasteiger partial charge in [-0.25, -0.2) is 0 Å². The Morgan fingerprint density at radius 3 is 2.59 bits per heavy atom. The first-order valence-electron chi connectivity index (χ1n) is 5.68. The minimum atomic E-state index is -0.517. The number of hydrogen-bond donors (Lipinski definition) is 2. The van der Waals surface area contributed by atoms with E-state index < -0.39 is 6.04 Å². The van der Waals surface area contributed by atoms with Crippen LogP contribution in [0.3, 0.4) is 0 Å². The third-order valence-corrected chi connectivity index (χ3v) is 3.21. The van der Waals surface area contributed by atoms with Crippen molar-refractivity contribution in [2.75, 3.05) is 0 Å². The zero-order valence-electron chi connectivity index (χ0n) is 10.3. The zero-order chi connectivity index (χ0) is 12.8. The maximum Gasteiger partial charge on any atom is 0.252 e. The van der Waals surface area contributed by atoms with E-state index in [2.05, 4.69) is 10.6 Å². The van der Waals surface area contributed by atoms with Gasteiger partial charge in [-0.15, -0.1) is 0 Å². The molecule has 1 aromatic heterocycles. The van der Waals surface area contributed by atoms with Crippen molar-refractivity contribution in [2.24, 2.45) is 0 Å². The van der Waals surface area contributed by atoms with Crippen LogP contribution in [0.15, 0.2) is 16.8 Å². The van der Waals surface area contributed by atoms with Crippen molar-refractivity contribution in [2.45, 2.75) is 39.3 Å². The average Bonchev–Trinajstić information content (AvgIpc) is 2.82. The van der Waals surface area contributed by atoms with Gasteiger partial charge in [0, 0.05) is 11.4 Å². The highest BCUT2D eigenvalue weighted by Gasteiger charge is 2.17. The summed E-state index contributed by atoms with van der Waals surface area (Å²) in [7, 11) is 0. The molecular formula is C12H18N2O2S. The number of thiophene rings is 1. The molecule has 94 valence electrons. The second kappa shape index (κ2) is 6.39. The molecule has 2 amide bonds. The Hall–Kier alpha value is -1.36. The summed E-state index contributed by atoms with van der Waals surface area (Å²) in [5.74, 6) is -0.360. The van der Waals surface area contributed by atoms with Gasteiger partial charge in [0.2, 0.25) is 5.91 Å². The van der Waals surface area contributed by atoms with Crippen molar-refractivity contribution in [3.63, 3.8) is 0 Å². The van der Waals surface area contributed by atoms with Crippen LogP contribution in [-0.2, 0) is 4.79 Å². The van der Waals surface area contributed by atoms with E-state index in [1.807, 2.05) is 19.2 Å². The number of hydrogen-bond acceptors (Lipinski definition) is 3. The molecule has 0 saturated heterocycles. The van der Waals surface area contributed by atoms with E-state index in [4.69, 9.17) is 0 Å². The first-order valence-corrected chi connectivity index (χ1v) is 6.62. The molecule has 0 bridgehead atoms. The van der Waals surface area contributed by atoms with Crippen LogP contribution >= 0.6 is 11.3 Å². The molecule has 1 heterocycles. The molecule has 0 aliphatic heterocycles. The van der Waals surface area contributed by atoms with Gasteiger partial charge < -0.3 is 10.6 Å². The highest BCUT2D eigenvalue weighted by Crippen LogP contribution is 2.05. The fourth-order valence-electron chi connectivity index (χ4n) is 1.21. The van der Waals surface area contributed by atoms with Gasteiger partial charge in [-0.3, -0.25) is 9.59 Å². The molecule has 0 fully saturated rings. The topological polar surface area (TPSA) is 58.2 Å². The molecule has 0 radical (unpaired) electrons. The summed E-state index contributed by atoms with van der Waals surface area (Å²) < 4.78 is 0. The van der Waals surface area contributed by atoms with Crippen LogP contribution in [-0.4, -0.2) is 23.9 Å². The largest absolute Gasteiger partial charge is 0.352 e. The Balaban J connectivity index is 2.46. The van der Waals surface area contributed by atoms with Crippen LogP contribution in [0.25, 0.3) is 0 Å². The number of rotatable bonds is 5. The monoisotopic (exact) mass is 254 g/mol. The van der Waals surface area contributed by atoms with E-state index in [-0.39, 0.29) is 17.9 Å². The maximum atomic E-state index is 11.7. The van der Waals surface area contributed by atoms with Crippen LogP contribution < -0.4 is 10.6 Å². The molecule has 0 spiro atoms. The third kappa shape index (κ3) is 4.19. The lowest BCUT2D eigenvalue weighted by molar-refractivity contribution is -0.123. The Kier molecular flexibility index (Phi) is 5.15. The zero-order valence-corrected chi connectivity index (χ0v) is 11.1. The van der Waals surface area contributed by atoms with Crippen LogP contribution in [0, 0.1) is 0 Å².